The normalized spacial score (nSPS) is 13.3. The van der Waals surface area contributed by atoms with Gasteiger partial charge in [0.2, 0.25) is 0 Å². The van der Waals surface area contributed by atoms with Crippen LogP contribution in [0.3, 0.4) is 0 Å². The minimum atomic E-state index is -0.590. The van der Waals surface area contributed by atoms with Crippen molar-refractivity contribution >= 4 is 34.4 Å². The molecular formula is C23H24ClNO4. The molecule has 152 valence electrons. The predicted octanol–water partition coefficient (Wildman–Crippen LogP) is 5.44. The maximum atomic E-state index is 13.2. The molecule has 1 aromatic heterocycles. The van der Waals surface area contributed by atoms with Gasteiger partial charge < -0.3 is 9.84 Å². The summed E-state index contributed by atoms with van der Waals surface area (Å²) in [5.41, 5.74) is 2.41. The van der Waals surface area contributed by atoms with Gasteiger partial charge in [-0.2, -0.15) is 0 Å². The third-order valence-corrected chi connectivity index (χ3v) is 5.46. The molecule has 3 rings (SSSR count). The number of carbonyl (C=O) groups is 2. The molecule has 0 bridgehead atoms. The maximum absolute atomic E-state index is 13.2. The fourth-order valence-electron chi connectivity index (χ4n) is 3.46. The van der Waals surface area contributed by atoms with Crippen molar-refractivity contribution in [1.29, 1.82) is 0 Å². The van der Waals surface area contributed by atoms with Crippen molar-refractivity contribution < 1.29 is 19.4 Å². The van der Waals surface area contributed by atoms with Gasteiger partial charge in [0.05, 0.1) is 17.5 Å². The van der Waals surface area contributed by atoms with E-state index >= 15 is 0 Å². The zero-order chi connectivity index (χ0) is 21.3. The Labute approximate surface area is 174 Å². The first-order valence-electron chi connectivity index (χ1n) is 9.59. The van der Waals surface area contributed by atoms with E-state index in [-0.39, 0.29) is 23.7 Å². The Morgan fingerprint density at radius 2 is 1.79 bits per heavy atom. The van der Waals surface area contributed by atoms with Crippen LogP contribution in [-0.2, 0) is 9.53 Å². The largest absolute Gasteiger partial charge is 0.508 e. The van der Waals surface area contributed by atoms with Crippen LogP contribution in [0.15, 0.2) is 42.5 Å². The number of hydrogen-bond donors (Lipinski definition) is 1. The summed E-state index contributed by atoms with van der Waals surface area (Å²) in [6.07, 6.45) is 0.525. The molecule has 0 aliphatic carbocycles. The van der Waals surface area contributed by atoms with Crippen LogP contribution in [0.4, 0.5) is 0 Å². The van der Waals surface area contributed by atoms with Gasteiger partial charge in [-0.1, -0.05) is 18.5 Å². The molecule has 0 saturated heterocycles. The number of nitrogens with zero attached hydrogens (tertiary/aromatic N) is 1. The van der Waals surface area contributed by atoms with E-state index in [0.717, 1.165) is 6.42 Å². The third-order valence-electron chi connectivity index (χ3n) is 5.21. The molecule has 5 nitrogen and oxygen atoms in total. The molecule has 6 heteroatoms. The number of ether oxygens (including phenoxy) is 1. The van der Waals surface area contributed by atoms with Crippen molar-refractivity contribution in [2.75, 3.05) is 0 Å². The van der Waals surface area contributed by atoms with Crippen molar-refractivity contribution in [3.05, 3.63) is 64.3 Å². The number of halogens is 1. The average molecular weight is 414 g/mol. The summed E-state index contributed by atoms with van der Waals surface area (Å²) in [6, 6.07) is 11.4. The second-order valence-corrected chi connectivity index (χ2v) is 7.66. The number of phenols is 1. The van der Waals surface area contributed by atoms with E-state index in [1.54, 1.807) is 54.8 Å². The van der Waals surface area contributed by atoms with Crippen LogP contribution in [0, 0.1) is 6.92 Å². The van der Waals surface area contributed by atoms with Crippen molar-refractivity contribution in [2.24, 2.45) is 0 Å². The zero-order valence-corrected chi connectivity index (χ0v) is 17.7. The van der Waals surface area contributed by atoms with Gasteiger partial charge >= 0.3 is 5.97 Å². The lowest BCUT2D eigenvalue weighted by Crippen LogP contribution is -2.20. The third kappa shape index (κ3) is 4.01. The SMILES string of the molecule is CC[C@H](C)OC(=O)[C@H](C)c1c(C)n(C(=O)c2ccc(Cl)cc2)c2ccc(O)cc12. The molecule has 1 N–H and O–H groups in total. The van der Waals surface area contributed by atoms with E-state index in [1.165, 1.54) is 6.07 Å². The molecular weight excluding hydrogens is 390 g/mol. The van der Waals surface area contributed by atoms with Crippen molar-refractivity contribution in [3.8, 4) is 5.75 Å². The molecule has 3 aromatic rings. The van der Waals surface area contributed by atoms with Gasteiger partial charge in [0.1, 0.15) is 5.75 Å². The topological polar surface area (TPSA) is 68.5 Å². The Balaban J connectivity index is 2.15. The summed E-state index contributed by atoms with van der Waals surface area (Å²) in [6.45, 7) is 7.35. The predicted molar refractivity (Wildman–Crippen MR) is 114 cm³/mol. The van der Waals surface area contributed by atoms with Gasteiger partial charge in [-0.25, -0.2) is 0 Å². The standard InChI is InChI=1S/C23H24ClNO4/c1-5-13(2)29-23(28)14(3)21-15(4)25(20-11-10-18(26)12-19(20)21)22(27)16-6-8-17(24)9-7-16/h6-14,26H,5H2,1-4H3/t13-,14+/m0/s1. The first-order valence-corrected chi connectivity index (χ1v) is 9.97. The molecule has 1 heterocycles. The van der Waals surface area contributed by atoms with Gasteiger partial charge in [-0.05, 0) is 75.2 Å². The Bertz CT molecular complexity index is 1070. The fourth-order valence-corrected chi connectivity index (χ4v) is 3.59. The van der Waals surface area contributed by atoms with Crippen LogP contribution in [-0.4, -0.2) is 27.7 Å². The van der Waals surface area contributed by atoms with E-state index < -0.39 is 5.92 Å². The van der Waals surface area contributed by atoms with E-state index in [2.05, 4.69) is 0 Å². The minimum Gasteiger partial charge on any atom is -0.508 e. The molecule has 0 amide bonds. The number of phenolic OH excluding ortho intramolecular Hbond substituents is 1. The maximum Gasteiger partial charge on any atom is 0.313 e. The van der Waals surface area contributed by atoms with E-state index in [9.17, 15) is 14.7 Å². The Morgan fingerprint density at radius 1 is 1.14 bits per heavy atom. The van der Waals surface area contributed by atoms with Crippen molar-refractivity contribution in [1.82, 2.24) is 4.57 Å². The van der Waals surface area contributed by atoms with Gasteiger partial charge in [-0.15, -0.1) is 0 Å². The Hall–Kier alpha value is -2.79. The highest BCUT2D eigenvalue weighted by atomic mass is 35.5. The smallest absolute Gasteiger partial charge is 0.313 e. The summed E-state index contributed by atoms with van der Waals surface area (Å²) in [5.74, 6) is -1.11. The number of aromatic nitrogens is 1. The van der Waals surface area contributed by atoms with Crippen LogP contribution in [0.2, 0.25) is 5.02 Å². The number of hydrogen-bond acceptors (Lipinski definition) is 4. The highest BCUT2D eigenvalue weighted by Crippen LogP contribution is 2.35. The van der Waals surface area contributed by atoms with Crippen LogP contribution in [0.25, 0.3) is 10.9 Å². The van der Waals surface area contributed by atoms with Gasteiger partial charge in [0, 0.05) is 21.7 Å². The van der Waals surface area contributed by atoms with Gasteiger partial charge in [0.25, 0.3) is 5.91 Å². The number of fused-ring (bicyclic) bond motifs is 1. The van der Waals surface area contributed by atoms with Gasteiger partial charge in [-0.3, -0.25) is 14.2 Å². The van der Waals surface area contributed by atoms with E-state index in [1.807, 2.05) is 13.8 Å². The summed E-state index contributed by atoms with van der Waals surface area (Å²) >= 11 is 5.94. The molecule has 2 atom stereocenters. The molecule has 0 aliphatic rings. The Morgan fingerprint density at radius 3 is 2.41 bits per heavy atom. The first-order chi connectivity index (χ1) is 13.7. The number of aromatic hydroxyl groups is 1. The number of benzene rings is 2. The lowest BCUT2D eigenvalue weighted by Gasteiger charge is -2.16. The molecule has 0 aliphatic heterocycles. The van der Waals surface area contributed by atoms with E-state index in [0.29, 0.717) is 32.7 Å². The van der Waals surface area contributed by atoms with E-state index in [4.69, 9.17) is 16.3 Å². The summed E-state index contributed by atoms with van der Waals surface area (Å²) in [7, 11) is 0. The van der Waals surface area contributed by atoms with Crippen LogP contribution in [0.1, 0.15) is 54.7 Å². The fraction of sp³-hybridized carbons (Fsp3) is 0.304. The number of esters is 1. The van der Waals surface area contributed by atoms with Crippen LogP contribution in [0.5, 0.6) is 5.75 Å². The molecule has 2 aromatic carbocycles. The highest BCUT2D eigenvalue weighted by molar-refractivity contribution is 6.30. The zero-order valence-electron chi connectivity index (χ0n) is 16.9. The summed E-state index contributed by atoms with van der Waals surface area (Å²) < 4.78 is 7.08. The number of rotatable bonds is 5. The lowest BCUT2D eigenvalue weighted by molar-refractivity contribution is -0.149. The summed E-state index contributed by atoms with van der Waals surface area (Å²) in [4.78, 5) is 25.9. The first kappa shape index (κ1) is 20.9. The average Bonchev–Trinajstić information content (AvgIpc) is 2.98. The van der Waals surface area contributed by atoms with Crippen LogP contribution < -0.4 is 0 Å². The second kappa shape index (κ2) is 8.29. The van der Waals surface area contributed by atoms with Crippen LogP contribution >= 0.6 is 11.6 Å². The number of carbonyl (C=O) groups excluding carboxylic acids is 2. The summed E-state index contributed by atoms with van der Waals surface area (Å²) in [5, 5.41) is 11.2. The molecule has 0 spiro atoms. The molecule has 0 saturated carbocycles. The van der Waals surface area contributed by atoms with Crippen molar-refractivity contribution in [2.45, 2.75) is 46.1 Å². The van der Waals surface area contributed by atoms with Gasteiger partial charge in [0.15, 0.2) is 0 Å². The quantitative estimate of drug-likeness (QED) is 0.565. The molecule has 29 heavy (non-hydrogen) atoms. The van der Waals surface area contributed by atoms with Crippen molar-refractivity contribution in [3.63, 3.8) is 0 Å². The molecule has 0 radical (unpaired) electrons. The lowest BCUT2D eigenvalue weighted by atomic mass is 9.97. The minimum absolute atomic E-state index is 0.0670. The monoisotopic (exact) mass is 413 g/mol. The second-order valence-electron chi connectivity index (χ2n) is 7.23. The molecule has 0 fully saturated rings. The highest BCUT2D eigenvalue weighted by Gasteiger charge is 2.28. The molecule has 0 unspecified atom stereocenters. The Kier molecular flexibility index (Phi) is 5.99.